The average molecular weight is 357 g/mol. The molecule has 3 rings (SSSR count). The van der Waals surface area contributed by atoms with Gasteiger partial charge in [0.25, 0.3) is 10.0 Å². The zero-order valence-corrected chi connectivity index (χ0v) is 13.6. The van der Waals surface area contributed by atoms with Crippen molar-refractivity contribution in [2.45, 2.75) is 24.3 Å². The van der Waals surface area contributed by atoms with Gasteiger partial charge in [0.1, 0.15) is 11.6 Å². The summed E-state index contributed by atoms with van der Waals surface area (Å²) < 4.78 is 60.8. The summed E-state index contributed by atoms with van der Waals surface area (Å²) in [5, 5.41) is 4.09. The Labute approximate surface area is 138 Å². The number of nitrogens with zero attached hydrogens (tertiary/aromatic N) is 2. The molecule has 24 heavy (non-hydrogen) atoms. The van der Waals surface area contributed by atoms with E-state index in [-0.39, 0.29) is 5.69 Å². The van der Waals surface area contributed by atoms with Crippen LogP contribution >= 0.6 is 0 Å². The molecule has 0 saturated carbocycles. The predicted octanol–water partition coefficient (Wildman–Crippen LogP) is 2.39. The lowest BCUT2D eigenvalue weighted by atomic mass is 10.0. The molecule has 1 aliphatic heterocycles. The van der Waals surface area contributed by atoms with E-state index in [1.54, 1.807) is 4.68 Å². The molecule has 1 aromatic heterocycles. The predicted molar refractivity (Wildman–Crippen MR) is 82.9 cm³/mol. The van der Waals surface area contributed by atoms with Gasteiger partial charge in [-0.2, -0.15) is 5.10 Å². The molecule has 9 heteroatoms. The number of sulfonamides is 1. The highest BCUT2D eigenvalue weighted by Crippen LogP contribution is 2.22. The Balaban J connectivity index is 1.74. The van der Waals surface area contributed by atoms with Crippen LogP contribution in [-0.2, 0) is 21.3 Å². The normalized spacial score (nSPS) is 16.2. The Morgan fingerprint density at radius 1 is 1.25 bits per heavy atom. The smallest absolute Gasteiger partial charge is 0.267 e. The first-order chi connectivity index (χ1) is 11.5. The molecule has 0 atom stereocenters. The molecule has 1 aliphatic rings. The van der Waals surface area contributed by atoms with E-state index in [2.05, 4.69) is 9.82 Å². The molecule has 6 nitrogen and oxygen atoms in total. The third-order valence-electron chi connectivity index (χ3n) is 3.86. The third kappa shape index (κ3) is 3.73. The molecule has 2 aromatic rings. The number of hydrogen-bond acceptors (Lipinski definition) is 4. The van der Waals surface area contributed by atoms with Crippen LogP contribution in [0.2, 0.25) is 0 Å². The van der Waals surface area contributed by atoms with Crippen LogP contribution in [-0.4, -0.2) is 31.4 Å². The summed E-state index contributed by atoms with van der Waals surface area (Å²) in [7, 11) is -4.37. The monoisotopic (exact) mass is 357 g/mol. The minimum Gasteiger partial charge on any atom is -0.381 e. The summed E-state index contributed by atoms with van der Waals surface area (Å²) >= 11 is 0. The third-order valence-corrected chi connectivity index (χ3v) is 5.29. The quantitative estimate of drug-likeness (QED) is 0.892. The minimum absolute atomic E-state index is 0.157. The number of aromatic nitrogens is 2. The van der Waals surface area contributed by atoms with Gasteiger partial charge >= 0.3 is 0 Å². The Morgan fingerprint density at radius 3 is 2.58 bits per heavy atom. The van der Waals surface area contributed by atoms with Gasteiger partial charge < -0.3 is 4.74 Å². The van der Waals surface area contributed by atoms with E-state index in [1.807, 2.05) is 0 Å². The number of benzene rings is 1. The van der Waals surface area contributed by atoms with Crippen molar-refractivity contribution in [3.05, 3.63) is 42.2 Å². The van der Waals surface area contributed by atoms with Crippen molar-refractivity contribution >= 4 is 15.7 Å². The number of halogens is 2. The largest absolute Gasteiger partial charge is 0.381 e. The zero-order valence-electron chi connectivity index (χ0n) is 12.8. The molecular weight excluding hydrogens is 340 g/mol. The molecule has 0 amide bonds. The molecule has 0 radical (unpaired) electrons. The second kappa shape index (κ2) is 6.86. The van der Waals surface area contributed by atoms with Gasteiger partial charge in [0.2, 0.25) is 0 Å². The standard InChI is InChI=1S/C15H17F2N3O3S/c16-13-2-1-3-14(17)15(13)24(21,22)19-12-8-18-20(10-12)9-11-4-6-23-7-5-11/h1-3,8,10-11,19H,4-7,9H2. The second-order valence-corrected chi connectivity index (χ2v) is 7.28. The minimum atomic E-state index is -4.37. The van der Waals surface area contributed by atoms with Gasteiger partial charge in [-0.15, -0.1) is 0 Å². The van der Waals surface area contributed by atoms with Crippen molar-refractivity contribution < 1.29 is 21.9 Å². The molecule has 1 aromatic carbocycles. The van der Waals surface area contributed by atoms with E-state index in [4.69, 9.17) is 4.74 Å². The van der Waals surface area contributed by atoms with Gasteiger partial charge in [-0.25, -0.2) is 17.2 Å². The van der Waals surface area contributed by atoms with Gasteiger partial charge in [-0.3, -0.25) is 9.40 Å². The lowest BCUT2D eigenvalue weighted by Crippen LogP contribution is -2.20. The van der Waals surface area contributed by atoms with Gasteiger partial charge in [-0.1, -0.05) is 6.07 Å². The van der Waals surface area contributed by atoms with Crippen molar-refractivity contribution in [3.8, 4) is 0 Å². The molecule has 0 aliphatic carbocycles. The SMILES string of the molecule is O=S(=O)(Nc1cnn(CC2CCOCC2)c1)c1c(F)cccc1F. The number of ether oxygens (including phenoxy) is 1. The van der Waals surface area contributed by atoms with Crippen molar-refractivity contribution in [2.24, 2.45) is 5.92 Å². The molecule has 0 bridgehead atoms. The lowest BCUT2D eigenvalue weighted by Gasteiger charge is -2.21. The molecular formula is C15H17F2N3O3S. The highest BCUT2D eigenvalue weighted by Gasteiger charge is 2.24. The highest BCUT2D eigenvalue weighted by atomic mass is 32.2. The molecule has 0 unspecified atom stereocenters. The van der Waals surface area contributed by atoms with Gasteiger partial charge in [-0.05, 0) is 30.9 Å². The van der Waals surface area contributed by atoms with Crippen molar-refractivity contribution in [1.82, 2.24) is 9.78 Å². The molecule has 130 valence electrons. The number of nitrogens with one attached hydrogen (secondary N) is 1. The van der Waals surface area contributed by atoms with E-state index >= 15 is 0 Å². The first-order valence-corrected chi connectivity index (χ1v) is 9.01. The van der Waals surface area contributed by atoms with Crippen LogP contribution in [0.4, 0.5) is 14.5 Å². The maximum Gasteiger partial charge on any atom is 0.267 e. The van der Waals surface area contributed by atoms with E-state index in [9.17, 15) is 17.2 Å². The lowest BCUT2D eigenvalue weighted by molar-refractivity contribution is 0.0601. The van der Waals surface area contributed by atoms with Crippen LogP contribution in [0.3, 0.4) is 0 Å². The molecule has 1 fully saturated rings. The average Bonchev–Trinajstić information content (AvgIpc) is 2.94. The Kier molecular flexibility index (Phi) is 4.81. The summed E-state index contributed by atoms with van der Waals surface area (Å²) in [6.45, 7) is 2.05. The van der Waals surface area contributed by atoms with Gasteiger partial charge in [0.05, 0.1) is 11.9 Å². The topological polar surface area (TPSA) is 73.2 Å². The Morgan fingerprint density at radius 2 is 1.92 bits per heavy atom. The van der Waals surface area contributed by atoms with E-state index in [0.717, 1.165) is 31.0 Å². The van der Waals surface area contributed by atoms with Crippen LogP contribution in [0.15, 0.2) is 35.5 Å². The van der Waals surface area contributed by atoms with Crippen molar-refractivity contribution in [2.75, 3.05) is 17.9 Å². The number of rotatable bonds is 5. The maximum absolute atomic E-state index is 13.7. The summed E-state index contributed by atoms with van der Waals surface area (Å²) in [4.78, 5) is -0.998. The molecule has 2 heterocycles. The van der Waals surface area contributed by atoms with Crippen molar-refractivity contribution in [1.29, 1.82) is 0 Å². The van der Waals surface area contributed by atoms with Gasteiger partial charge in [0.15, 0.2) is 4.90 Å². The Bertz CT molecular complexity index is 797. The van der Waals surface area contributed by atoms with E-state index in [1.165, 1.54) is 12.4 Å². The van der Waals surface area contributed by atoms with Crippen molar-refractivity contribution in [3.63, 3.8) is 0 Å². The number of hydrogen-bond donors (Lipinski definition) is 1. The molecule has 0 spiro atoms. The summed E-state index contributed by atoms with van der Waals surface area (Å²) in [6, 6.07) is 2.90. The first kappa shape index (κ1) is 16.8. The van der Waals surface area contributed by atoms with Crippen LogP contribution < -0.4 is 4.72 Å². The van der Waals surface area contributed by atoms with E-state index < -0.39 is 26.6 Å². The second-order valence-electron chi connectivity index (χ2n) is 5.66. The summed E-state index contributed by atoms with van der Waals surface area (Å²) in [6.07, 6.45) is 4.66. The summed E-state index contributed by atoms with van der Waals surface area (Å²) in [5.41, 5.74) is 0.157. The fourth-order valence-electron chi connectivity index (χ4n) is 2.66. The van der Waals surface area contributed by atoms with Crippen LogP contribution in [0.1, 0.15) is 12.8 Å². The number of anilines is 1. The fourth-order valence-corrected chi connectivity index (χ4v) is 3.82. The van der Waals surface area contributed by atoms with Crippen LogP contribution in [0.5, 0.6) is 0 Å². The van der Waals surface area contributed by atoms with Gasteiger partial charge in [0, 0.05) is 26.0 Å². The van der Waals surface area contributed by atoms with Crippen LogP contribution in [0.25, 0.3) is 0 Å². The highest BCUT2D eigenvalue weighted by molar-refractivity contribution is 7.92. The van der Waals surface area contributed by atoms with E-state index in [0.29, 0.717) is 25.7 Å². The Hall–Kier alpha value is -2.00. The molecule has 1 N–H and O–H groups in total. The molecule has 1 saturated heterocycles. The maximum atomic E-state index is 13.7. The first-order valence-electron chi connectivity index (χ1n) is 7.53. The fraction of sp³-hybridized carbons (Fsp3) is 0.400. The summed E-state index contributed by atoms with van der Waals surface area (Å²) in [5.74, 6) is -1.87. The van der Waals surface area contributed by atoms with Crippen LogP contribution in [0, 0.1) is 17.6 Å². The zero-order chi connectivity index (χ0) is 17.2.